The Morgan fingerprint density at radius 2 is 1.56 bits per heavy atom. The van der Waals surface area contributed by atoms with Gasteiger partial charge < -0.3 is 10.6 Å². The summed E-state index contributed by atoms with van der Waals surface area (Å²) in [6, 6.07) is 22.9. The highest BCUT2D eigenvalue weighted by Gasteiger charge is 2.09. The van der Waals surface area contributed by atoms with E-state index in [2.05, 4.69) is 36.1 Å². The van der Waals surface area contributed by atoms with Crippen LogP contribution in [0.15, 0.2) is 84.0 Å². The molecule has 0 spiro atoms. The molecule has 0 aliphatic heterocycles. The maximum atomic E-state index is 10.9. The van der Waals surface area contributed by atoms with Crippen molar-refractivity contribution >= 4 is 47.0 Å². The van der Waals surface area contributed by atoms with Crippen LogP contribution < -0.4 is 16.1 Å². The predicted molar refractivity (Wildman–Crippen MR) is 133 cm³/mol. The quantitative estimate of drug-likeness (QED) is 0.171. The first kappa shape index (κ1) is 22.6. The Balaban J connectivity index is 1.53. The zero-order valence-corrected chi connectivity index (χ0v) is 18.5. The third-order valence-electron chi connectivity index (χ3n) is 4.51. The molecule has 0 fully saturated rings. The number of hydrogen-bond donors (Lipinski definition) is 3. The second kappa shape index (κ2) is 10.8. The maximum Gasteiger partial charge on any atom is 0.269 e. The number of halogens is 1. The summed E-state index contributed by atoms with van der Waals surface area (Å²) in [6.45, 7) is 0.509. The van der Waals surface area contributed by atoms with E-state index in [-0.39, 0.29) is 17.6 Å². The van der Waals surface area contributed by atoms with Gasteiger partial charge in [-0.25, -0.2) is 5.43 Å². The molecule has 10 nitrogen and oxygen atoms in total. The fourth-order valence-corrected chi connectivity index (χ4v) is 2.97. The van der Waals surface area contributed by atoms with Crippen LogP contribution in [0.25, 0.3) is 0 Å². The summed E-state index contributed by atoms with van der Waals surface area (Å²) in [5, 5.41) is 21.9. The standard InChI is InChI=1S/C23H19ClN8O2/c24-18-8-6-17(7-9-18)15-26-31-23-29-21(25-14-16-4-2-1-3-5-16)28-22(30-23)27-19-10-12-20(13-11-19)32(33)34/h1-13,15H,14H2,(H3,25,27,28,29,30,31). The average molecular weight is 475 g/mol. The Labute approximate surface area is 199 Å². The Kier molecular flexibility index (Phi) is 7.21. The molecular weight excluding hydrogens is 456 g/mol. The number of benzene rings is 3. The fourth-order valence-electron chi connectivity index (χ4n) is 2.85. The number of non-ortho nitro benzene ring substituents is 1. The second-order valence-electron chi connectivity index (χ2n) is 7.00. The van der Waals surface area contributed by atoms with E-state index in [9.17, 15) is 10.1 Å². The van der Waals surface area contributed by atoms with Gasteiger partial charge in [0.05, 0.1) is 11.1 Å². The van der Waals surface area contributed by atoms with E-state index >= 15 is 0 Å². The van der Waals surface area contributed by atoms with E-state index in [1.165, 1.54) is 12.1 Å². The number of rotatable bonds is 9. The van der Waals surface area contributed by atoms with E-state index in [1.807, 2.05) is 42.5 Å². The lowest BCUT2D eigenvalue weighted by Crippen LogP contribution is -2.09. The average Bonchev–Trinajstić information content (AvgIpc) is 2.85. The van der Waals surface area contributed by atoms with Crippen molar-refractivity contribution in [2.24, 2.45) is 5.10 Å². The number of hydrogen-bond acceptors (Lipinski definition) is 9. The van der Waals surface area contributed by atoms with E-state index in [1.54, 1.807) is 30.5 Å². The van der Waals surface area contributed by atoms with Gasteiger partial charge in [0.2, 0.25) is 17.8 Å². The maximum absolute atomic E-state index is 10.9. The predicted octanol–water partition coefficient (Wildman–Crippen LogP) is 5.23. The molecule has 4 aromatic rings. The van der Waals surface area contributed by atoms with Crippen LogP contribution in [0.5, 0.6) is 0 Å². The van der Waals surface area contributed by atoms with Crippen LogP contribution in [0.1, 0.15) is 11.1 Å². The lowest BCUT2D eigenvalue weighted by Gasteiger charge is -2.10. The van der Waals surface area contributed by atoms with Gasteiger partial charge in [0.25, 0.3) is 5.69 Å². The van der Waals surface area contributed by atoms with Crippen LogP contribution in [0.4, 0.5) is 29.2 Å². The van der Waals surface area contributed by atoms with Crippen molar-refractivity contribution in [1.82, 2.24) is 15.0 Å². The van der Waals surface area contributed by atoms with Crippen molar-refractivity contribution in [2.45, 2.75) is 6.54 Å². The summed E-state index contributed by atoms with van der Waals surface area (Å²) in [5.74, 6) is 0.774. The number of nitro benzene ring substituents is 1. The van der Waals surface area contributed by atoms with Gasteiger partial charge in [-0.15, -0.1) is 0 Å². The van der Waals surface area contributed by atoms with Crippen molar-refractivity contribution in [3.63, 3.8) is 0 Å². The van der Waals surface area contributed by atoms with E-state index in [4.69, 9.17) is 11.6 Å². The van der Waals surface area contributed by atoms with E-state index < -0.39 is 4.92 Å². The van der Waals surface area contributed by atoms with Gasteiger partial charge in [-0.3, -0.25) is 10.1 Å². The molecule has 34 heavy (non-hydrogen) atoms. The molecule has 0 saturated carbocycles. The Morgan fingerprint density at radius 1 is 0.882 bits per heavy atom. The number of nitro groups is 1. The van der Waals surface area contributed by atoms with E-state index in [0.29, 0.717) is 23.2 Å². The molecule has 1 aromatic heterocycles. The molecule has 1 heterocycles. The molecule has 4 rings (SSSR count). The minimum absolute atomic E-state index is 0.00898. The normalized spacial score (nSPS) is 10.7. The van der Waals surface area contributed by atoms with E-state index in [0.717, 1.165) is 11.1 Å². The first-order valence-corrected chi connectivity index (χ1v) is 10.5. The third-order valence-corrected chi connectivity index (χ3v) is 4.76. The molecule has 170 valence electrons. The first-order chi connectivity index (χ1) is 16.5. The van der Waals surface area contributed by atoms with Gasteiger partial charge >= 0.3 is 0 Å². The Bertz CT molecular complexity index is 1280. The fraction of sp³-hybridized carbons (Fsp3) is 0.0435. The van der Waals surface area contributed by atoms with Crippen molar-refractivity contribution in [1.29, 1.82) is 0 Å². The smallest absolute Gasteiger partial charge is 0.269 e. The molecule has 0 amide bonds. The molecule has 3 N–H and O–H groups in total. The van der Waals surface area contributed by atoms with Gasteiger partial charge in [-0.1, -0.05) is 54.1 Å². The molecule has 0 unspecified atom stereocenters. The summed E-state index contributed by atoms with van der Waals surface area (Å²) in [5.41, 5.74) is 5.28. The Morgan fingerprint density at radius 3 is 2.26 bits per heavy atom. The molecule has 0 atom stereocenters. The lowest BCUT2D eigenvalue weighted by molar-refractivity contribution is -0.384. The number of aromatic nitrogens is 3. The highest BCUT2D eigenvalue weighted by molar-refractivity contribution is 6.30. The molecule has 11 heteroatoms. The summed E-state index contributed by atoms with van der Waals surface area (Å²) in [7, 11) is 0. The summed E-state index contributed by atoms with van der Waals surface area (Å²) in [4.78, 5) is 23.5. The van der Waals surface area contributed by atoms with Gasteiger partial charge in [-0.2, -0.15) is 20.1 Å². The van der Waals surface area contributed by atoms with Gasteiger partial charge in [-0.05, 0) is 35.4 Å². The van der Waals surface area contributed by atoms with Crippen molar-refractivity contribution in [2.75, 3.05) is 16.1 Å². The van der Waals surface area contributed by atoms with Gasteiger partial charge in [0.15, 0.2) is 0 Å². The molecule has 0 aliphatic rings. The number of nitrogens with zero attached hydrogens (tertiary/aromatic N) is 5. The van der Waals surface area contributed by atoms with Crippen LogP contribution in [0.2, 0.25) is 5.02 Å². The lowest BCUT2D eigenvalue weighted by atomic mass is 10.2. The van der Waals surface area contributed by atoms with Crippen LogP contribution >= 0.6 is 11.6 Å². The van der Waals surface area contributed by atoms with Crippen LogP contribution in [-0.2, 0) is 6.54 Å². The third kappa shape index (κ3) is 6.47. The van der Waals surface area contributed by atoms with Crippen LogP contribution in [-0.4, -0.2) is 26.1 Å². The minimum Gasteiger partial charge on any atom is -0.350 e. The SMILES string of the molecule is O=[N+]([O-])c1ccc(Nc2nc(NCc3ccccc3)nc(NN=Cc3ccc(Cl)cc3)n2)cc1. The van der Waals surface area contributed by atoms with Gasteiger partial charge in [0, 0.05) is 29.4 Å². The molecule has 3 aromatic carbocycles. The number of hydrazone groups is 1. The minimum atomic E-state index is -0.459. The topological polar surface area (TPSA) is 130 Å². The summed E-state index contributed by atoms with van der Waals surface area (Å²) in [6.07, 6.45) is 1.61. The summed E-state index contributed by atoms with van der Waals surface area (Å²) >= 11 is 5.91. The molecule has 0 radical (unpaired) electrons. The largest absolute Gasteiger partial charge is 0.350 e. The zero-order chi connectivity index (χ0) is 23.8. The zero-order valence-electron chi connectivity index (χ0n) is 17.7. The Hall–Kier alpha value is -4.57. The molecule has 0 bridgehead atoms. The van der Waals surface area contributed by atoms with Crippen molar-refractivity contribution in [3.05, 3.63) is 105 Å². The molecule has 0 aliphatic carbocycles. The second-order valence-corrected chi connectivity index (χ2v) is 7.43. The van der Waals surface area contributed by atoms with Gasteiger partial charge in [0.1, 0.15) is 0 Å². The summed E-state index contributed by atoms with van der Waals surface area (Å²) < 4.78 is 0. The van der Waals surface area contributed by atoms with Crippen molar-refractivity contribution < 1.29 is 4.92 Å². The van der Waals surface area contributed by atoms with Crippen LogP contribution in [0, 0.1) is 10.1 Å². The highest BCUT2D eigenvalue weighted by atomic mass is 35.5. The van der Waals surface area contributed by atoms with Crippen molar-refractivity contribution in [3.8, 4) is 0 Å². The highest BCUT2D eigenvalue weighted by Crippen LogP contribution is 2.20. The number of anilines is 4. The molecular formula is C23H19ClN8O2. The van der Waals surface area contributed by atoms with Crippen LogP contribution in [0.3, 0.4) is 0 Å². The monoisotopic (exact) mass is 474 g/mol. The first-order valence-electron chi connectivity index (χ1n) is 10.2. The molecule has 0 saturated heterocycles. The number of nitrogens with one attached hydrogen (secondary N) is 3.